The van der Waals surface area contributed by atoms with Gasteiger partial charge in [-0.25, -0.2) is 19.2 Å². The van der Waals surface area contributed by atoms with Gasteiger partial charge in [0, 0.05) is 48.7 Å². The van der Waals surface area contributed by atoms with E-state index in [4.69, 9.17) is 14.5 Å². The van der Waals surface area contributed by atoms with Crippen LogP contribution in [-0.4, -0.2) is 50.9 Å². The zero-order valence-electron chi connectivity index (χ0n) is 27.0. The molecule has 0 radical (unpaired) electrons. The third-order valence-corrected chi connectivity index (χ3v) is 8.23. The summed E-state index contributed by atoms with van der Waals surface area (Å²) in [6.45, 7) is 14.0. The Morgan fingerprint density at radius 2 is 1.73 bits per heavy atom. The molecule has 1 atom stereocenters. The highest BCUT2D eigenvalue weighted by Crippen LogP contribution is 2.46. The molecule has 1 unspecified atom stereocenters. The van der Waals surface area contributed by atoms with Crippen molar-refractivity contribution in [1.29, 1.82) is 0 Å². The first-order valence-corrected chi connectivity index (χ1v) is 15.5. The van der Waals surface area contributed by atoms with E-state index in [1.54, 1.807) is 24.7 Å². The normalized spacial score (nSPS) is 15.6. The van der Waals surface area contributed by atoms with Crippen molar-refractivity contribution in [1.82, 2.24) is 14.5 Å². The van der Waals surface area contributed by atoms with E-state index >= 15 is 0 Å². The number of nitrogens with zero attached hydrogens (tertiary/aromatic N) is 4. The fourth-order valence-corrected chi connectivity index (χ4v) is 5.74. The molecule has 0 spiro atoms. The fraction of sp³-hybridized carbons (Fsp3) is 0.417. The van der Waals surface area contributed by atoms with Gasteiger partial charge in [-0.1, -0.05) is 38.1 Å². The molecule has 1 fully saturated rings. The molecule has 1 N–H and O–H groups in total. The molecule has 238 valence electrons. The van der Waals surface area contributed by atoms with Gasteiger partial charge in [0.05, 0.1) is 17.9 Å². The summed E-state index contributed by atoms with van der Waals surface area (Å²) < 4.78 is 27.4. The van der Waals surface area contributed by atoms with Gasteiger partial charge in [0.2, 0.25) is 0 Å². The Morgan fingerprint density at radius 1 is 1.07 bits per heavy atom. The number of carboxylic acid groups (broad SMARTS) is 1. The number of pyridine rings is 1. The van der Waals surface area contributed by atoms with Crippen molar-refractivity contribution in [2.75, 3.05) is 24.6 Å². The average Bonchev–Trinajstić information content (AvgIpc) is 3.52. The minimum absolute atomic E-state index is 0.188. The first-order chi connectivity index (χ1) is 21.3. The first-order valence-electron chi connectivity index (χ1n) is 15.5. The Labute approximate surface area is 264 Å². The van der Waals surface area contributed by atoms with E-state index in [2.05, 4.69) is 23.7 Å². The number of hydrogen-bond acceptors (Lipinski definition) is 6. The van der Waals surface area contributed by atoms with Gasteiger partial charge in [-0.15, -0.1) is 0 Å². The summed E-state index contributed by atoms with van der Waals surface area (Å²) in [5, 5.41) is 10.5. The second kappa shape index (κ2) is 13.0. The van der Waals surface area contributed by atoms with Gasteiger partial charge in [-0.05, 0) is 81.3 Å². The topological polar surface area (TPSA) is 89.7 Å². The van der Waals surface area contributed by atoms with Gasteiger partial charge in [0.15, 0.2) is 6.10 Å². The van der Waals surface area contributed by atoms with Crippen LogP contribution in [0.1, 0.15) is 70.4 Å². The fourth-order valence-electron chi connectivity index (χ4n) is 5.74. The van der Waals surface area contributed by atoms with Gasteiger partial charge in [-0.3, -0.25) is 4.57 Å². The van der Waals surface area contributed by atoms with Crippen LogP contribution < -0.4 is 9.64 Å². The molecular formula is C36H43FN4O4. The minimum Gasteiger partial charge on any atom is -0.493 e. The molecule has 0 bridgehead atoms. The zero-order chi connectivity index (χ0) is 32.4. The number of carboxylic acids is 1. The van der Waals surface area contributed by atoms with Crippen LogP contribution in [0.3, 0.4) is 0 Å². The number of aliphatic carboxylic acids is 1. The lowest BCUT2D eigenvalue weighted by atomic mass is 9.82. The van der Waals surface area contributed by atoms with Crippen LogP contribution in [0.4, 0.5) is 10.1 Å². The molecular weight excluding hydrogens is 571 g/mol. The first kappa shape index (κ1) is 32.2. The number of rotatable bonds is 10. The Hall–Kier alpha value is -4.24. The number of carbonyl (C=O) groups is 1. The molecule has 45 heavy (non-hydrogen) atoms. The molecule has 1 saturated heterocycles. The highest BCUT2D eigenvalue weighted by molar-refractivity contribution is 5.90. The maximum Gasteiger partial charge on any atom is 0.337 e. The highest BCUT2D eigenvalue weighted by atomic mass is 19.1. The summed E-state index contributed by atoms with van der Waals surface area (Å²) in [6.07, 6.45) is 6.63. The summed E-state index contributed by atoms with van der Waals surface area (Å²) >= 11 is 0. The zero-order valence-corrected chi connectivity index (χ0v) is 27.0. The van der Waals surface area contributed by atoms with E-state index < -0.39 is 17.7 Å². The van der Waals surface area contributed by atoms with Crippen LogP contribution in [0.25, 0.3) is 16.9 Å². The number of anilines is 1. The number of ether oxygens (including phenoxy) is 2. The number of benzene rings is 2. The van der Waals surface area contributed by atoms with Crippen LogP contribution in [0, 0.1) is 18.2 Å². The van der Waals surface area contributed by atoms with Gasteiger partial charge in [-0.2, -0.15) is 0 Å². The van der Waals surface area contributed by atoms with E-state index in [1.165, 1.54) is 12.1 Å². The van der Waals surface area contributed by atoms with Crippen molar-refractivity contribution in [3.63, 3.8) is 0 Å². The Balaban J connectivity index is 1.61. The van der Waals surface area contributed by atoms with Crippen molar-refractivity contribution >= 4 is 11.7 Å². The van der Waals surface area contributed by atoms with Crippen LogP contribution in [0.5, 0.6) is 5.75 Å². The summed E-state index contributed by atoms with van der Waals surface area (Å²) in [6, 6.07) is 14.2. The lowest BCUT2D eigenvalue weighted by molar-refractivity contribution is -0.160. The predicted octanol–water partition coefficient (Wildman–Crippen LogP) is 7.57. The molecule has 0 aliphatic carbocycles. The summed E-state index contributed by atoms with van der Waals surface area (Å²) in [4.78, 5) is 24.5. The van der Waals surface area contributed by atoms with E-state index in [0.29, 0.717) is 35.9 Å². The SMILES string of the molecule is Cc1nc(-n2ccnc2)c(-c2ccc(OCCc3ccc(F)cc3)cc2)c(N2CCC(C)(C)CC2)c1C(OC(C)(C)C)C(=O)O. The molecule has 1 aliphatic rings. The molecule has 2 aromatic carbocycles. The second-order valence-corrected chi connectivity index (χ2v) is 13.5. The lowest BCUT2D eigenvalue weighted by Crippen LogP contribution is -2.39. The van der Waals surface area contributed by atoms with Crippen LogP contribution in [-0.2, 0) is 16.0 Å². The van der Waals surface area contributed by atoms with E-state index in [1.807, 2.05) is 62.7 Å². The van der Waals surface area contributed by atoms with E-state index in [-0.39, 0.29) is 11.2 Å². The highest BCUT2D eigenvalue weighted by Gasteiger charge is 2.37. The maximum atomic E-state index is 13.3. The number of aryl methyl sites for hydroxylation is 1. The monoisotopic (exact) mass is 614 g/mol. The molecule has 0 amide bonds. The number of hydrogen-bond donors (Lipinski definition) is 1. The summed E-state index contributed by atoms with van der Waals surface area (Å²) in [7, 11) is 0. The Bertz CT molecular complexity index is 1600. The summed E-state index contributed by atoms with van der Waals surface area (Å²) in [5.74, 6) is 0.0514. The van der Waals surface area contributed by atoms with Crippen molar-refractivity contribution in [3.05, 3.63) is 89.9 Å². The van der Waals surface area contributed by atoms with Crippen LogP contribution >= 0.6 is 0 Å². The van der Waals surface area contributed by atoms with Gasteiger partial charge in [0.25, 0.3) is 0 Å². The third-order valence-electron chi connectivity index (χ3n) is 8.23. The number of aromatic nitrogens is 3. The number of piperidine rings is 1. The largest absolute Gasteiger partial charge is 0.493 e. The lowest BCUT2D eigenvalue weighted by Gasteiger charge is -2.41. The van der Waals surface area contributed by atoms with Gasteiger partial charge in [0.1, 0.15) is 23.7 Å². The molecule has 3 heterocycles. The molecule has 9 heteroatoms. The summed E-state index contributed by atoms with van der Waals surface area (Å²) in [5.41, 5.74) is 4.16. The van der Waals surface area contributed by atoms with Crippen molar-refractivity contribution in [2.45, 2.75) is 72.5 Å². The Morgan fingerprint density at radius 3 is 2.31 bits per heavy atom. The quantitative estimate of drug-likeness (QED) is 0.197. The van der Waals surface area contributed by atoms with Crippen molar-refractivity contribution in [3.8, 4) is 22.7 Å². The molecule has 1 aliphatic heterocycles. The number of halogens is 1. The molecule has 4 aromatic rings. The molecule has 0 saturated carbocycles. The van der Waals surface area contributed by atoms with Crippen LogP contribution in [0.15, 0.2) is 67.3 Å². The molecule has 2 aromatic heterocycles. The van der Waals surface area contributed by atoms with Crippen molar-refractivity contribution < 1.29 is 23.8 Å². The standard InChI is InChI=1S/C36H43FN4O4/c1-24-29(32(34(42)43)45-35(2,3)4)31(40-19-16-36(5,6)17-20-40)30(33(39-24)41-21-18-38-23-41)26-9-13-28(14-10-26)44-22-15-25-7-11-27(37)12-8-25/h7-14,18,21,23,32H,15-17,19-20,22H2,1-6H3,(H,42,43). The van der Waals surface area contributed by atoms with Gasteiger partial charge < -0.3 is 19.5 Å². The number of imidazole rings is 1. The molecule has 5 rings (SSSR count). The van der Waals surface area contributed by atoms with Crippen molar-refractivity contribution in [2.24, 2.45) is 5.41 Å². The van der Waals surface area contributed by atoms with Crippen LogP contribution in [0.2, 0.25) is 0 Å². The minimum atomic E-state index is -1.22. The predicted molar refractivity (Wildman–Crippen MR) is 174 cm³/mol. The molecule has 8 nitrogen and oxygen atoms in total. The average molecular weight is 615 g/mol. The second-order valence-electron chi connectivity index (χ2n) is 13.5. The van der Waals surface area contributed by atoms with Gasteiger partial charge >= 0.3 is 5.97 Å². The maximum absolute atomic E-state index is 13.3. The third kappa shape index (κ3) is 7.71. The Kier molecular flexibility index (Phi) is 9.30. The smallest absolute Gasteiger partial charge is 0.337 e. The van der Waals surface area contributed by atoms with E-state index in [0.717, 1.165) is 48.3 Å². The van der Waals surface area contributed by atoms with E-state index in [9.17, 15) is 14.3 Å².